The number of alkyl halides is 1. The molecule has 5 atom stereocenters. The Balaban J connectivity index is 1.50. The summed E-state index contributed by atoms with van der Waals surface area (Å²) in [6, 6.07) is 0.279. The highest BCUT2D eigenvalue weighted by Gasteiger charge is 2.62. The van der Waals surface area contributed by atoms with E-state index in [4.69, 9.17) is 16.3 Å². The molecule has 84 valence electrons. The first-order valence-electron chi connectivity index (χ1n) is 5.80. The molecule has 0 spiro atoms. The fraction of sp³-hybridized carbons (Fsp3) is 0.909. The summed E-state index contributed by atoms with van der Waals surface area (Å²) in [6.45, 7) is 0. The van der Waals surface area contributed by atoms with E-state index in [1.807, 2.05) is 0 Å². The van der Waals surface area contributed by atoms with Crippen molar-refractivity contribution in [1.29, 1.82) is 0 Å². The van der Waals surface area contributed by atoms with Crippen LogP contribution < -0.4 is 5.32 Å². The van der Waals surface area contributed by atoms with Crippen molar-refractivity contribution in [3.05, 3.63) is 0 Å². The van der Waals surface area contributed by atoms with Gasteiger partial charge >= 0.3 is 0 Å². The molecule has 1 aliphatic carbocycles. The predicted octanol–water partition coefficient (Wildman–Crippen LogP) is 1.30. The molecule has 2 saturated heterocycles. The Morgan fingerprint density at radius 1 is 1.40 bits per heavy atom. The number of rotatable bonds is 4. The molecule has 4 heteroatoms. The minimum Gasteiger partial charge on any atom is -0.372 e. The summed E-state index contributed by atoms with van der Waals surface area (Å²) in [7, 11) is 0. The Labute approximate surface area is 94.5 Å². The maximum atomic E-state index is 11.5. The molecule has 3 fully saturated rings. The number of nitrogens with one attached hydrogen (secondary N) is 1. The summed E-state index contributed by atoms with van der Waals surface area (Å²) < 4.78 is 5.81. The zero-order valence-electron chi connectivity index (χ0n) is 8.62. The third-order valence-corrected chi connectivity index (χ3v) is 4.16. The molecular weight excluding hydrogens is 214 g/mol. The number of carbonyl (C=O) groups is 1. The second kappa shape index (κ2) is 3.63. The minimum absolute atomic E-state index is 0.133. The van der Waals surface area contributed by atoms with Crippen LogP contribution in [0, 0.1) is 11.8 Å². The molecule has 3 rings (SSSR count). The highest BCUT2D eigenvalue weighted by Crippen LogP contribution is 2.58. The van der Waals surface area contributed by atoms with Gasteiger partial charge in [0.05, 0.1) is 18.2 Å². The van der Waals surface area contributed by atoms with E-state index in [0.717, 1.165) is 24.7 Å². The Hall–Kier alpha value is -0.280. The number of carbonyl (C=O) groups excluding carboxylic acids is 1. The van der Waals surface area contributed by atoms with Gasteiger partial charge in [-0.2, -0.15) is 0 Å². The molecule has 2 bridgehead atoms. The number of ether oxygens (including phenoxy) is 1. The van der Waals surface area contributed by atoms with E-state index in [9.17, 15) is 4.79 Å². The lowest BCUT2D eigenvalue weighted by molar-refractivity contribution is -0.122. The van der Waals surface area contributed by atoms with Gasteiger partial charge in [-0.25, -0.2) is 0 Å². The van der Waals surface area contributed by atoms with Crippen LogP contribution in [0.4, 0.5) is 0 Å². The van der Waals surface area contributed by atoms with Crippen molar-refractivity contribution >= 4 is 17.5 Å². The van der Waals surface area contributed by atoms with Crippen molar-refractivity contribution in [1.82, 2.24) is 5.32 Å². The van der Waals surface area contributed by atoms with Crippen molar-refractivity contribution < 1.29 is 9.53 Å². The number of amides is 1. The first kappa shape index (κ1) is 9.91. The van der Waals surface area contributed by atoms with E-state index in [2.05, 4.69) is 5.32 Å². The van der Waals surface area contributed by atoms with Gasteiger partial charge in [0.1, 0.15) is 0 Å². The zero-order chi connectivity index (χ0) is 10.4. The van der Waals surface area contributed by atoms with E-state index in [0.29, 0.717) is 24.5 Å². The third-order valence-electron chi connectivity index (χ3n) is 3.89. The van der Waals surface area contributed by atoms with E-state index in [-0.39, 0.29) is 11.9 Å². The number of halogens is 1. The zero-order valence-corrected chi connectivity index (χ0v) is 9.37. The Kier molecular flexibility index (Phi) is 2.40. The van der Waals surface area contributed by atoms with Crippen LogP contribution in [-0.4, -0.2) is 30.0 Å². The molecule has 0 aromatic rings. The first-order valence-corrected chi connectivity index (χ1v) is 6.34. The minimum atomic E-state index is 0.133. The van der Waals surface area contributed by atoms with Crippen LogP contribution >= 0.6 is 11.6 Å². The Morgan fingerprint density at radius 3 is 2.93 bits per heavy atom. The van der Waals surface area contributed by atoms with Gasteiger partial charge in [-0.3, -0.25) is 4.79 Å². The van der Waals surface area contributed by atoms with E-state index in [1.165, 1.54) is 6.42 Å². The number of fused-ring (bicyclic) bond motifs is 5. The summed E-state index contributed by atoms with van der Waals surface area (Å²) in [5.41, 5.74) is 0. The van der Waals surface area contributed by atoms with E-state index >= 15 is 0 Å². The van der Waals surface area contributed by atoms with E-state index in [1.54, 1.807) is 0 Å². The van der Waals surface area contributed by atoms with Crippen LogP contribution in [-0.2, 0) is 9.53 Å². The largest absolute Gasteiger partial charge is 0.372 e. The van der Waals surface area contributed by atoms with Gasteiger partial charge in [0.2, 0.25) is 5.91 Å². The summed E-state index contributed by atoms with van der Waals surface area (Å²) in [4.78, 5) is 11.5. The second-order valence-corrected chi connectivity index (χ2v) is 5.28. The van der Waals surface area contributed by atoms with Crippen LogP contribution in [0.2, 0.25) is 0 Å². The second-order valence-electron chi connectivity index (χ2n) is 4.90. The molecule has 2 heterocycles. The molecule has 1 saturated carbocycles. The molecule has 5 unspecified atom stereocenters. The molecule has 15 heavy (non-hydrogen) atoms. The SMILES string of the molecule is O=C(CCCCl)NC1CC2OC1C1CC21. The highest BCUT2D eigenvalue weighted by molar-refractivity contribution is 6.17. The van der Waals surface area contributed by atoms with Crippen molar-refractivity contribution in [2.24, 2.45) is 11.8 Å². The average molecular weight is 230 g/mol. The fourth-order valence-electron chi connectivity index (χ4n) is 3.10. The summed E-state index contributed by atoms with van der Waals surface area (Å²) >= 11 is 5.55. The van der Waals surface area contributed by atoms with Crippen molar-refractivity contribution in [3.63, 3.8) is 0 Å². The molecule has 1 amide bonds. The molecule has 1 N–H and O–H groups in total. The fourth-order valence-corrected chi connectivity index (χ4v) is 3.23. The van der Waals surface area contributed by atoms with Gasteiger partial charge in [-0.05, 0) is 31.1 Å². The van der Waals surface area contributed by atoms with Crippen molar-refractivity contribution in [2.75, 3.05) is 5.88 Å². The third kappa shape index (κ3) is 1.66. The lowest BCUT2D eigenvalue weighted by atomic mass is 9.95. The quantitative estimate of drug-likeness (QED) is 0.738. The van der Waals surface area contributed by atoms with Crippen molar-refractivity contribution in [2.45, 2.75) is 43.9 Å². The van der Waals surface area contributed by atoms with Crippen molar-refractivity contribution in [3.8, 4) is 0 Å². The number of hydrogen-bond acceptors (Lipinski definition) is 2. The normalized spacial score (nSPS) is 45.3. The number of hydrogen-bond donors (Lipinski definition) is 1. The van der Waals surface area contributed by atoms with E-state index < -0.39 is 0 Å². The van der Waals surface area contributed by atoms with Crippen LogP contribution in [0.25, 0.3) is 0 Å². The standard InChI is InChI=1S/C11H16ClNO2/c12-3-1-2-10(14)13-8-5-9-6-4-7(6)11(8)15-9/h6-9,11H,1-5H2,(H,13,14). The first-order chi connectivity index (χ1) is 7.29. The van der Waals surface area contributed by atoms with Gasteiger partial charge in [0, 0.05) is 12.3 Å². The van der Waals surface area contributed by atoms with Gasteiger partial charge in [-0.15, -0.1) is 11.6 Å². The highest BCUT2D eigenvalue weighted by atomic mass is 35.5. The lowest BCUT2D eigenvalue weighted by Crippen LogP contribution is -2.42. The van der Waals surface area contributed by atoms with Gasteiger partial charge in [-0.1, -0.05) is 0 Å². The molecule has 0 aromatic heterocycles. The predicted molar refractivity (Wildman–Crippen MR) is 56.8 cm³/mol. The smallest absolute Gasteiger partial charge is 0.220 e. The summed E-state index contributed by atoms with van der Waals surface area (Å²) in [5, 5.41) is 3.08. The maximum absolute atomic E-state index is 11.5. The Morgan fingerprint density at radius 2 is 2.27 bits per heavy atom. The molecular formula is C11H16ClNO2. The summed E-state index contributed by atoms with van der Waals surface area (Å²) in [5.74, 6) is 2.27. The lowest BCUT2D eigenvalue weighted by Gasteiger charge is -2.19. The molecule has 3 nitrogen and oxygen atoms in total. The van der Waals surface area contributed by atoms with Crippen LogP contribution in [0.5, 0.6) is 0 Å². The van der Waals surface area contributed by atoms with Crippen LogP contribution in [0.1, 0.15) is 25.7 Å². The van der Waals surface area contributed by atoms with Crippen LogP contribution in [0.3, 0.4) is 0 Å². The summed E-state index contributed by atoms with van der Waals surface area (Å²) in [6.07, 6.45) is 4.42. The van der Waals surface area contributed by atoms with Gasteiger partial charge in [0.25, 0.3) is 0 Å². The molecule has 2 aliphatic heterocycles. The molecule has 0 aromatic carbocycles. The molecule has 0 radical (unpaired) electrons. The van der Waals surface area contributed by atoms with Crippen LogP contribution in [0.15, 0.2) is 0 Å². The molecule has 3 aliphatic rings. The average Bonchev–Trinajstić information content (AvgIpc) is 2.85. The monoisotopic (exact) mass is 229 g/mol. The van der Waals surface area contributed by atoms with Gasteiger partial charge < -0.3 is 10.1 Å². The Bertz CT molecular complexity index is 284. The van der Waals surface area contributed by atoms with Gasteiger partial charge in [0.15, 0.2) is 0 Å². The maximum Gasteiger partial charge on any atom is 0.220 e. The topological polar surface area (TPSA) is 38.3 Å².